The van der Waals surface area contributed by atoms with E-state index < -0.39 is 0 Å². The summed E-state index contributed by atoms with van der Waals surface area (Å²) in [7, 11) is 0. The zero-order valence-corrected chi connectivity index (χ0v) is 20.3. The Morgan fingerprint density at radius 1 is 1.17 bits per heavy atom. The summed E-state index contributed by atoms with van der Waals surface area (Å²) < 4.78 is 5.84. The lowest BCUT2D eigenvalue weighted by Gasteiger charge is -2.29. The van der Waals surface area contributed by atoms with Gasteiger partial charge in [0.25, 0.3) is 5.91 Å². The molecule has 4 heterocycles. The van der Waals surface area contributed by atoms with Gasteiger partial charge in [0, 0.05) is 24.3 Å². The molecule has 4 N–H and O–H groups in total. The SMILES string of the molecule is Cc1nc(Oc2ccccc2)ccc1N1C(=O)Nc2c(C(=O)N[C@H]3CC[C@H](N)C3)sc3nccc1c23. The molecule has 0 spiro atoms. The van der Waals surface area contributed by atoms with E-state index in [-0.39, 0.29) is 24.0 Å². The summed E-state index contributed by atoms with van der Waals surface area (Å²) in [4.78, 5) is 38.2. The number of hydrogen-bond donors (Lipinski definition) is 3. The Morgan fingerprint density at radius 3 is 2.75 bits per heavy atom. The minimum atomic E-state index is -0.369. The minimum Gasteiger partial charge on any atom is -0.439 e. The first kappa shape index (κ1) is 22.4. The van der Waals surface area contributed by atoms with Crippen molar-refractivity contribution in [3.8, 4) is 11.6 Å². The van der Waals surface area contributed by atoms with E-state index in [0.29, 0.717) is 44.1 Å². The van der Waals surface area contributed by atoms with Crippen molar-refractivity contribution in [2.75, 3.05) is 10.2 Å². The van der Waals surface area contributed by atoms with Crippen molar-refractivity contribution in [3.05, 3.63) is 65.3 Å². The van der Waals surface area contributed by atoms with Gasteiger partial charge in [-0.2, -0.15) is 0 Å². The number of carbonyl (C=O) groups is 2. The molecule has 36 heavy (non-hydrogen) atoms. The first-order chi connectivity index (χ1) is 17.5. The molecule has 0 bridgehead atoms. The van der Waals surface area contributed by atoms with E-state index in [1.165, 1.54) is 11.3 Å². The van der Waals surface area contributed by atoms with Crippen molar-refractivity contribution in [1.82, 2.24) is 15.3 Å². The molecule has 1 saturated carbocycles. The second-order valence-electron chi connectivity index (χ2n) is 8.99. The number of rotatable bonds is 5. The number of thiophene rings is 1. The van der Waals surface area contributed by atoms with E-state index in [0.717, 1.165) is 24.6 Å². The number of urea groups is 1. The summed E-state index contributed by atoms with van der Waals surface area (Å²) in [5.74, 6) is 0.894. The Labute approximate surface area is 211 Å². The lowest BCUT2D eigenvalue weighted by molar-refractivity contribution is 0.0942. The third-order valence-electron chi connectivity index (χ3n) is 6.50. The predicted molar refractivity (Wildman–Crippen MR) is 139 cm³/mol. The smallest absolute Gasteiger partial charge is 0.331 e. The molecule has 3 amide bonds. The fraction of sp³-hybridized carbons (Fsp3) is 0.231. The molecular weight excluding hydrogens is 476 g/mol. The standard InChI is InChI=1S/C26H24N6O3S/c1-14-18(9-10-20(29-14)35-17-5-3-2-4-6-17)32-19-11-12-28-25-21(19)22(31-26(32)34)23(36-25)24(33)30-16-8-7-15(27)13-16/h2-6,9-12,15-16H,7-8,13,27H2,1H3,(H,30,33)(H,31,34)/t15-,16-/m0/s1. The van der Waals surface area contributed by atoms with Gasteiger partial charge in [-0.25, -0.2) is 14.8 Å². The Kier molecular flexibility index (Phi) is 5.54. The quantitative estimate of drug-likeness (QED) is 0.351. The fourth-order valence-corrected chi connectivity index (χ4v) is 5.84. The third-order valence-corrected chi connectivity index (χ3v) is 7.60. The van der Waals surface area contributed by atoms with Crippen LogP contribution in [0.15, 0.2) is 54.7 Å². The second kappa shape index (κ2) is 8.89. The molecule has 10 heteroatoms. The number of benzene rings is 1. The van der Waals surface area contributed by atoms with Gasteiger partial charge < -0.3 is 21.1 Å². The number of nitrogens with zero attached hydrogens (tertiary/aromatic N) is 3. The van der Waals surface area contributed by atoms with E-state index in [1.54, 1.807) is 29.3 Å². The predicted octanol–water partition coefficient (Wildman–Crippen LogP) is 5.09. The number of nitrogens with one attached hydrogen (secondary N) is 2. The lowest BCUT2D eigenvalue weighted by atomic mass is 10.1. The van der Waals surface area contributed by atoms with Crippen LogP contribution in [0.4, 0.5) is 21.9 Å². The van der Waals surface area contributed by atoms with Gasteiger partial charge >= 0.3 is 6.03 Å². The van der Waals surface area contributed by atoms with Gasteiger partial charge in [-0.1, -0.05) is 18.2 Å². The highest BCUT2D eigenvalue weighted by Crippen LogP contribution is 2.46. The van der Waals surface area contributed by atoms with E-state index in [9.17, 15) is 9.59 Å². The zero-order valence-electron chi connectivity index (χ0n) is 19.5. The molecule has 2 atom stereocenters. The maximum absolute atomic E-state index is 13.4. The molecule has 1 fully saturated rings. The molecule has 6 rings (SSSR count). The van der Waals surface area contributed by atoms with Gasteiger partial charge in [0.1, 0.15) is 15.5 Å². The average molecular weight is 501 g/mol. The van der Waals surface area contributed by atoms with E-state index in [1.807, 2.05) is 37.3 Å². The maximum atomic E-state index is 13.4. The Hall–Kier alpha value is -4.02. The number of aromatic nitrogens is 2. The molecule has 182 valence electrons. The van der Waals surface area contributed by atoms with Crippen molar-refractivity contribution in [1.29, 1.82) is 0 Å². The first-order valence-electron chi connectivity index (χ1n) is 11.8. The number of anilines is 3. The van der Waals surface area contributed by atoms with Crippen LogP contribution in [0.3, 0.4) is 0 Å². The van der Waals surface area contributed by atoms with Crippen LogP contribution < -0.4 is 26.0 Å². The van der Waals surface area contributed by atoms with Crippen molar-refractivity contribution < 1.29 is 14.3 Å². The molecule has 1 aliphatic carbocycles. The van der Waals surface area contributed by atoms with E-state index >= 15 is 0 Å². The van der Waals surface area contributed by atoms with Crippen LogP contribution in [0.5, 0.6) is 11.6 Å². The van der Waals surface area contributed by atoms with Crippen LogP contribution in [-0.2, 0) is 0 Å². The molecule has 0 unspecified atom stereocenters. The molecule has 0 saturated heterocycles. The normalized spacial score (nSPS) is 18.8. The van der Waals surface area contributed by atoms with Gasteiger partial charge in [-0.05, 0) is 50.5 Å². The number of pyridine rings is 2. The van der Waals surface area contributed by atoms with Crippen LogP contribution >= 0.6 is 11.3 Å². The molecule has 0 radical (unpaired) electrons. The Balaban J connectivity index is 1.34. The number of carbonyl (C=O) groups excluding carboxylic acids is 2. The largest absolute Gasteiger partial charge is 0.439 e. The zero-order chi connectivity index (χ0) is 24.8. The van der Waals surface area contributed by atoms with Crippen molar-refractivity contribution in [2.24, 2.45) is 5.73 Å². The van der Waals surface area contributed by atoms with Gasteiger partial charge in [-0.3, -0.25) is 9.69 Å². The van der Waals surface area contributed by atoms with Crippen LogP contribution in [0, 0.1) is 6.92 Å². The number of amides is 3. The van der Waals surface area contributed by atoms with Crippen LogP contribution in [0.2, 0.25) is 0 Å². The first-order valence-corrected chi connectivity index (χ1v) is 12.6. The van der Waals surface area contributed by atoms with Crippen LogP contribution in [-0.4, -0.2) is 34.0 Å². The molecular formula is C26H24N6O3S. The molecule has 4 aromatic rings. The topological polar surface area (TPSA) is 122 Å². The molecule has 9 nitrogen and oxygen atoms in total. The summed E-state index contributed by atoms with van der Waals surface area (Å²) in [5.41, 5.74) is 8.38. The van der Waals surface area contributed by atoms with E-state index in [2.05, 4.69) is 20.6 Å². The van der Waals surface area contributed by atoms with Crippen molar-refractivity contribution >= 4 is 50.6 Å². The molecule has 1 aliphatic heterocycles. The molecule has 2 aliphatic rings. The van der Waals surface area contributed by atoms with Crippen LogP contribution in [0.1, 0.15) is 34.6 Å². The summed E-state index contributed by atoms with van der Waals surface area (Å²) in [6, 6.07) is 14.5. The van der Waals surface area contributed by atoms with Crippen LogP contribution in [0.25, 0.3) is 10.2 Å². The maximum Gasteiger partial charge on any atom is 0.331 e. The molecule has 3 aromatic heterocycles. The fourth-order valence-electron chi connectivity index (χ4n) is 4.82. The van der Waals surface area contributed by atoms with Crippen molar-refractivity contribution in [2.45, 2.75) is 38.3 Å². The summed E-state index contributed by atoms with van der Waals surface area (Å²) in [6.07, 6.45) is 4.15. The highest BCUT2D eigenvalue weighted by Gasteiger charge is 2.34. The number of nitrogens with two attached hydrogens (primary N) is 1. The van der Waals surface area contributed by atoms with Gasteiger partial charge in [0.15, 0.2) is 0 Å². The van der Waals surface area contributed by atoms with Gasteiger partial charge in [-0.15, -0.1) is 11.3 Å². The highest BCUT2D eigenvalue weighted by molar-refractivity contribution is 7.21. The Bertz CT molecular complexity index is 1490. The molecule has 1 aromatic carbocycles. The van der Waals surface area contributed by atoms with Gasteiger partial charge in [0.2, 0.25) is 5.88 Å². The monoisotopic (exact) mass is 500 g/mol. The number of para-hydroxylation sites is 1. The third kappa shape index (κ3) is 3.94. The number of ether oxygens (including phenoxy) is 1. The van der Waals surface area contributed by atoms with Gasteiger partial charge in [0.05, 0.1) is 28.1 Å². The van der Waals surface area contributed by atoms with E-state index in [4.69, 9.17) is 10.5 Å². The number of hydrogen-bond acceptors (Lipinski definition) is 7. The summed E-state index contributed by atoms with van der Waals surface area (Å²) >= 11 is 1.27. The highest BCUT2D eigenvalue weighted by atomic mass is 32.1. The second-order valence-corrected chi connectivity index (χ2v) is 9.99. The lowest BCUT2D eigenvalue weighted by Crippen LogP contribution is -2.36. The minimum absolute atomic E-state index is 0.0403. The Morgan fingerprint density at radius 2 is 2.00 bits per heavy atom. The number of aryl methyl sites for hydroxylation is 1. The van der Waals surface area contributed by atoms with Crippen molar-refractivity contribution in [3.63, 3.8) is 0 Å². The summed E-state index contributed by atoms with van der Waals surface area (Å²) in [6.45, 7) is 1.83. The summed E-state index contributed by atoms with van der Waals surface area (Å²) in [5, 5.41) is 6.74. The average Bonchev–Trinajstić information content (AvgIpc) is 3.44.